The highest BCUT2D eigenvalue weighted by molar-refractivity contribution is 4.99. The van der Waals surface area contributed by atoms with E-state index < -0.39 is 18.2 Å². The van der Waals surface area contributed by atoms with Crippen LogP contribution in [-0.4, -0.2) is 33.5 Å². The van der Waals surface area contributed by atoms with Crippen LogP contribution in [0.15, 0.2) is 0 Å². The fraction of sp³-hybridized carbons (Fsp3) is 1.00. The van der Waals surface area contributed by atoms with E-state index in [9.17, 15) is 10.2 Å². The van der Waals surface area contributed by atoms with Crippen LogP contribution >= 0.6 is 0 Å². The highest BCUT2D eigenvalue weighted by Crippen LogP contribution is 2.46. The zero-order valence-electron chi connectivity index (χ0n) is 9.41. The molecule has 0 aromatic carbocycles. The molecule has 1 rings (SSSR count). The van der Waals surface area contributed by atoms with Crippen molar-refractivity contribution in [3.05, 3.63) is 0 Å². The van der Waals surface area contributed by atoms with Crippen LogP contribution in [0, 0.1) is 0 Å². The summed E-state index contributed by atoms with van der Waals surface area (Å²) < 4.78 is 4.73. The Morgan fingerprint density at radius 2 is 1.53 bits per heavy atom. The first kappa shape index (κ1) is 12.9. The molecule has 2 unspecified atom stereocenters. The second kappa shape index (κ2) is 5.25. The van der Waals surface area contributed by atoms with Gasteiger partial charge in [0.15, 0.2) is 0 Å². The van der Waals surface area contributed by atoms with Gasteiger partial charge in [-0.25, -0.2) is 0 Å². The first-order valence-corrected chi connectivity index (χ1v) is 5.84. The smallest absolute Gasteiger partial charge is 0.247 e. The topological polar surface area (TPSA) is 73.2 Å². The molecule has 15 heavy (non-hydrogen) atoms. The summed E-state index contributed by atoms with van der Waals surface area (Å²) in [7, 11) is 0. The Balaban J connectivity index is 2.02. The highest BCUT2D eigenvalue weighted by atomic mass is 16.8. The van der Waals surface area contributed by atoms with Crippen molar-refractivity contribution in [2.75, 3.05) is 6.61 Å². The van der Waals surface area contributed by atoms with E-state index in [1.165, 1.54) is 19.3 Å². The second-order valence-corrected chi connectivity index (χ2v) is 4.35. The molecule has 1 aliphatic heterocycles. The standard InChI is InChI=1S/C11H22O4/c1-2-3-4-5-6-7-8-10(13)11(14,9-12)15-10/h12-14H,2-9H2,1H3. The minimum Gasteiger partial charge on any atom is -0.391 e. The van der Waals surface area contributed by atoms with Crippen LogP contribution < -0.4 is 0 Å². The lowest BCUT2D eigenvalue weighted by Gasteiger charge is -2.07. The maximum Gasteiger partial charge on any atom is 0.247 e. The quantitative estimate of drug-likeness (QED) is 0.422. The molecular formula is C11H22O4. The van der Waals surface area contributed by atoms with Gasteiger partial charge in [0.2, 0.25) is 11.6 Å². The van der Waals surface area contributed by atoms with Crippen LogP contribution in [0.25, 0.3) is 0 Å². The van der Waals surface area contributed by atoms with Gasteiger partial charge in [-0.2, -0.15) is 0 Å². The molecular weight excluding hydrogens is 196 g/mol. The molecule has 0 aromatic rings. The van der Waals surface area contributed by atoms with E-state index >= 15 is 0 Å². The van der Waals surface area contributed by atoms with E-state index in [1.807, 2.05) is 0 Å². The van der Waals surface area contributed by atoms with E-state index in [-0.39, 0.29) is 0 Å². The third-order valence-corrected chi connectivity index (χ3v) is 2.99. The molecule has 1 heterocycles. The van der Waals surface area contributed by atoms with Crippen molar-refractivity contribution in [3.63, 3.8) is 0 Å². The Morgan fingerprint density at radius 3 is 2.07 bits per heavy atom. The maximum absolute atomic E-state index is 9.62. The third kappa shape index (κ3) is 3.14. The minimum absolute atomic E-state index is 0.399. The van der Waals surface area contributed by atoms with Crippen molar-refractivity contribution >= 4 is 0 Å². The first-order chi connectivity index (χ1) is 7.08. The number of hydrogen-bond donors (Lipinski definition) is 3. The van der Waals surface area contributed by atoms with Gasteiger partial charge in [-0.3, -0.25) is 0 Å². The second-order valence-electron chi connectivity index (χ2n) is 4.35. The van der Waals surface area contributed by atoms with Gasteiger partial charge >= 0.3 is 0 Å². The van der Waals surface area contributed by atoms with Crippen LogP contribution in [0.5, 0.6) is 0 Å². The van der Waals surface area contributed by atoms with Gasteiger partial charge in [-0.05, 0) is 6.42 Å². The number of epoxide rings is 1. The molecule has 3 N–H and O–H groups in total. The van der Waals surface area contributed by atoms with Crippen molar-refractivity contribution in [2.24, 2.45) is 0 Å². The Bertz CT molecular complexity index is 197. The van der Waals surface area contributed by atoms with Crippen molar-refractivity contribution in [1.82, 2.24) is 0 Å². The molecule has 0 radical (unpaired) electrons. The van der Waals surface area contributed by atoms with Crippen LogP contribution in [0.4, 0.5) is 0 Å². The van der Waals surface area contributed by atoms with Gasteiger partial charge in [-0.1, -0.05) is 39.0 Å². The Labute approximate surface area is 90.9 Å². The van der Waals surface area contributed by atoms with E-state index in [2.05, 4.69) is 6.92 Å². The summed E-state index contributed by atoms with van der Waals surface area (Å²) in [6.07, 6.45) is 7.10. The van der Waals surface area contributed by atoms with Gasteiger partial charge in [0, 0.05) is 6.42 Å². The minimum atomic E-state index is -1.70. The van der Waals surface area contributed by atoms with Gasteiger partial charge in [0.25, 0.3) is 0 Å². The van der Waals surface area contributed by atoms with Crippen molar-refractivity contribution in [3.8, 4) is 0 Å². The molecule has 1 saturated heterocycles. The molecule has 0 aromatic heterocycles. The highest BCUT2D eigenvalue weighted by Gasteiger charge is 2.68. The molecule has 4 heteroatoms. The number of unbranched alkanes of at least 4 members (excludes halogenated alkanes) is 5. The van der Waals surface area contributed by atoms with Gasteiger partial charge in [0.05, 0.1) is 0 Å². The Kier molecular flexibility index (Phi) is 4.52. The molecule has 2 atom stereocenters. The normalized spacial score (nSPS) is 34.4. The molecule has 1 fully saturated rings. The molecule has 1 aliphatic rings. The molecule has 4 nitrogen and oxygen atoms in total. The van der Waals surface area contributed by atoms with Crippen LogP contribution in [0.3, 0.4) is 0 Å². The SMILES string of the molecule is CCCCCCCCC1(O)OC1(O)CO. The number of ether oxygens (including phenoxy) is 1. The monoisotopic (exact) mass is 218 g/mol. The lowest BCUT2D eigenvalue weighted by molar-refractivity contribution is -0.0245. The molecule has 0 amide bonds. The van der Waals surface area contributed by atoms with E-state index in [0.29, 0.717) is 6.42 Å². The number of rotatable bonds is 8. The average molecular weight is 218 g/mol. The molecule has 0 saturated carbocycles. The number of hydrogen-bond acceptors (Lipinski definition) is 4. The Hall–Kier alpha value is -0.160. The summed E-state index contributed by atoms with van der Waals surface area (Å²) in [5.74, 6) is -3.19. The summed E-state index contributed by atoms with van der Waals surface area (Å²) in [6.45, 7) is 1.63. The number of aliphatic hydroxyl groups excluding tert-OH is 1. The van der Waals surface area contributed by atoms with Crippen molar-refractivity contribution in [1.29, 1.82) is 0 Å². The fourth-order valence-electron chi connectivity index (χ4n) is 1.80. The van der Waals surface area contributed by atoms with Gasteiger partial charge in [0.1, 0.15) is 6.61 Å². The summed E-state index contributed by atoms with van der Waals surface area (Å²) in [6, 6.07) is 0. The Morgan fingerprint density at radius 1 is 0.933 bits per heavy atom. The first-order valence-electron chi connectivity index (χ1n) is 5.84. The fourth-order valence-corrected chi connectivity index (χ4v) is 1.80. The predicted octanol–water partition coefficient (Wildman–Crippen LogP) is 1.14. The van der Waals surface area contributed by atoms with Crippen molar-refractivity contribution in [2.45, 2.75) is 63.4 Å². The third-order valence-electron chi connectivity index (χ3n) is 2.99. The maximum atomic E-state index is 9.62. The van der Waals surface area contributed by atoms with E-state index in [4.69, 9.17) is 9.84 Å². The molecule has 0 bridgehead atoms. The summed E-state index contributed by atoms with van der Waals surface area (Å²) in [5, 5.41) is 27.7. The van der Waals surface area contributed by atoms with Gasteiger partial charge < -0.3 is 20.1 Å². The van der Waals surface area contributed by atoms with Crippen molar-refractivity contribution < 1.29 is 20.1 Å². The molecule has 0 aliphatic carbocycles. The van der Waals surface area contributed by atoms with E-state index in [1.54, 1.807) is 0 Å². The van der Waals surface area contributed by atoms with Crippen LogP contribution in [0.2, 0.25) is 0 Å². The zero-order chi connectivity index (χ0) is 11.4. The summed E-state index contributed by atoms with van der Waals surface area (Å²) in [4.78, 5) is 0. The number of aliphatic hydroxyl groups is 3. The van der Waals surface area contributed by atoms with Gasteiger partial charge in [-0.15, -0.1) is 0 Å². The average Bonchev–Trinajstić information content (AvgIpc) is 2.76. The predicted molar refractivity (Wildman–Crippen MR) is 56.1 cm³/mol. The summed E-state index contributed by atoms with van der Waals surface area (Å²) >= 11 is 0. The molecule has 90 valence electrons. The van der Waals surface area contributed by atoms with E-state index in [0.717, 1.165) is 19.3 Å². The molecule has 0 spiro atoms. The summed E-state index contributed by atoms with van der Waals surface area (Å²) in [5.41, 5.74) is 0. The largest absolute Gasteiger partial charge is 0.391 e. The lowest BCUT2D eigenvalue weighted by Crippen LogP contribution is -2.29. The zero-order valence-corrected chi connectivity index (χ0v) is 9.41. The lowest BCUT2D eigenvalue weighted by atomic mass is 10.0. The van der Waals surface area contributed by atoms with Crippen LogP contribution in [-0.2, 0) is 4.74 Å². The van der Waals surface area contributed by atoms with Crippen LogP contribution in [0.1, 0.15) is 51.9 Å².